The lowest BCUT2D eigenvalue weighted by atomic mass is 10.0. The molecule has 1 saturated heterocycles. The first-order valence-corrected chi connectivity index (χ1v) is 6.20. The summed E-state index contributed by atoms with van der Waals surface area (Å²) < 4.78 is 0. The Morgan fingerprint density at radius 1 is 1.43 bits per heavy atom. The summed E-state index contributed by atoms with van der Waals surface area (Å²) in [6, 6.07) is 1.37. The smallest absolute Gasteiger partial charge is 0.0197 e. The Bertz CT molecular complexity index is 145. The third-order valence-electron chi connectivity index (χ3n) is 2.90. The molecule has 0 radical (unpaired) electrons. The van der Waals surface area contributed by atoms with Gasteiger partial charge >= 0.3 is 0 Å². The first-order chi connectivity index (χ1) is 6.72. The lowest BCUT2D eigenvalue weighted by Gasteiger charge is -2.34. The van der Waals surface area contributed by atoms with Crippen LogP contribution < -0.4 is 5.32 Å². The number of hydrogen-bond donors (Lipinski definition) is 1. The van der Waals surface area contributed by atoms with E-state index in [1.807, 2.05) is 0 Å². The minimum Gasteiger partial charge on any atom is -0.311 e. The van der Waals surface area contributed by atoms with Crippen LogP contribution in [0.5, 0.6) is 0 Å². The molecule has 0 bridgehead atoms. The van der Waals surface area contributed by atoms with E-state index in [0.29, 0.717) is 6.04 Å². The third kappa shape index (κ3) is 4.43. The van der Waals surface area contributed by atoms with Crippen LogP contribution in [0.3, 0.4) is 0 Å². The van der Waals surface area contributed by atoms with Crippen molar-refractivity contribution in [3.63, 3.8) is 0 Å². The molecule has 2 heteroatoms. The van der Waals surface area contributed by atoms with Crippen molar-refractivity contribution in [1.29, 1.82) is 0 Å². The first-order valence-electron chi connectivity index (χ1n) is 6.20. The lowest BCUT2D eigenvalue weighted by molar-refractivity contribution is 0.183. The summed E-state index contributed by atoms with van der Waals surface area (Å²) in [6.07, 6.45) is 5.40. The highest BCUT2D eigenvalue weighted by Gasteiger charge is 2.19. The van der Waals surface area contributed by atoms with E-state index in [2.05, 4.69) is 31.0 Å². The lowest BCUT2D eigenvalue weighted by Crippen LogP contribution is -2.47. The van der Waals surface area contributed by atoms with Gasteiger partial charge in [-0.25, -0.2) is 0 Å². The fourth-order valence-corrected chi connectivity index (χ4v) is 2.25. The first kappa shape index (κ1) is 12.0. The van der Waals surface area contributed by atoms with Gasteiger partial charge in [-0.2, -0.15) is 0 Å². The van der Waals surface area contributed by atoms with Gasteiger partial charge in [0, 0.05) is 18.6 Å². The van der Waals surface area contributed by atoms with E-state index in [0.717, 1.165) is 6.04 Å². The maximum absolute atomic E-state index is 3.65. The van der Waals surface area contributed by atoms with Gasteiger partial charge in [-0.1, -0.05) is 27.2 Å². The van der Waals surface area contributed by atoms with Crippen molar-refractivity contribution in [2.45, 2.75) is 58.5 Å². The topological polar surface area (TPSA) is 15.3 Å². The average Bonchev–Trinajstić information content (AvgIpc) is 2.14. The van der Waals surface area contributed by atoms with E-state index in [-0.39, 0.29) is 0 Å². The van der Waals surface area contributed by atoms with Crippen LogP contribution >= 0.6 is 0 Å². The summed E-state index contributed by atoms with van der Waals surface area (Å²) in [6.45, 7) is 10.6. The highest BCUT2D eigenvalue weighted by Crippen LogP contribution is 2.11. The standard InChI is InChI=1S/C12H26N2/c1-4-5-8-14-9-6-7-12(10-14)13-11(2)3/h11-13H,4-10H2,1-3H3. The molecule has 0 aromatic rings. The molecule has 1 fully saturated rings. The molecule has 1 aliphatic heterocycles. The molecule has 14 heavy (non-hydrogen) atoms. The number of piperidine rings is 1. The van der Waals surface area contributed by atoms with Gasteiger partial charge in [-0.15, -0.1) is 0 Å². The predicted molar refractivity (Wildman–Crippen MR) is 62.6 cm³/mol. The quantitative estimate of drug-likeness (QED) is 0.729. The molecule has 84 valence electrons. The molecule has 2 nitrogen and oxygen atoms in total. The number of unbranched alkanes of at least 4 members (excludes halogenated alkanes) is 1. The average molecular weight is 198 g/mol. The van der Waals surface area contributed by atoms with Crippen LogP contribution in [0.15, 0.2) is 0 Å². The summed E-state index contributed by atoms with van der Waals surface area (Å²) in [4.78, 5) is 2.62. The van der Waals surface area contributed by atoms with Gasteiger partial charge in [0.25, 0.3) is 0 Å². The summed E-state index contributed by atoms with van der Waals surface area (Å²) in [5, 5.41) is 3.65. The molecule has 0 aromatic carbocycles. The normalized spacial score (nSPS) is 24.4. The van der Waals surface area contributed by atoms with Crippen LogP contribution in [-0.4, -0.2) is 36.6 Å². The second-order valence-electron chi connectivity index (χ2n) is 4.81. The van der Waals surface area contributed by atoms with Crippen molar-refractivity contribution in [3.8, 4) is 0 Å². The molecule has 1 unspecified atom stereocenters. The molecule has 1 aliphatic rings. The van der Waals surface area contributed by atoms with Gasteiger partial charge < -0.3 is 10.2 Å². The third-order valence-corrected chi connectivity index (χ3v) is 2.90. The highest BCUT2D eigenvalue weighted by atomic mass is 15.2. The summed E-state index contributed by atoms with van der Waals surface area (Å²) in [5.41, 5.74) is 0. The van der Waals surface area contributed by atoms with Gasteiger partial charge in [0.15, 0.2) is 0 Å². The minimum absolute atomic E-state index is 0.631. The number of nitrogens with zero attached hydrogens (tertiary/aromatic N) is 1. The number of rotatable bonds is 5. The van der Waals surface area contributed by atoms with Crippen LogP contribution in [0.25, 0.3) is 0 Å². The van der Waals surface area contributed by atoms with Crippen molar-refractivity contribution < 1.29 is 0 Å². The SMILES string of the molecule is CCCCN1CCCC(NC(C)C)C1. The zero-order valence-corrected chi connectivity index (χ0v) is 10.1. The summed E-state index contributed by atoms with van der Waals surface area (Å²) in [7, 11) is 0. The van der Waals surface area contributed by atoms with Crippen LogP contribution in [0.2, 0.25) is 0 Å². The molecule has 1 rings (SSSR count). The molecule has 1 N–H and O–H groups in total. The zero-order chi connectivity index (χ0) is 10.4. The van der Waals surface area contributed by atoms with E-state index in [9.17, 15) is 0 Å². The van der Waals surface area contributed by atoms with Crippen molar-refractivity contribution in [2.75, 3.05) is 19.6 Å². The molecule has 0 spiro atoms. The van der Waals surface area contributed by atoms with Crippen LogP contribution in [0.1, 0.15) is 46.5 Å². The number of nitrogens with one attached hydrogen (secondary N) is 1. The van der Waals surface area contributed by atoms with Gasteiger partial charge in [0.1, 0.15) is 0 Å². The van der Waals surface area contributed by atoms with Crippen LogP contribution in [0.4, 0.5) is 0 Å². The van der Waals surface area contributed by atoms with E-state index < -0.39 is 0 Å². The molecular weight excluding hydrogens is 172 g/mol. The maximum atomic E-state index is 3.65. The molecule has 0 amide bonds. The molecule has 1 heterocycles. The Kier molecular flexibility index (Phi) is 5.49. The van der Waals surface area contributed by atoms with Crippen molar-refractivity contribution in [1.82, 2.24) is 10.2 Å². The zero-order valence-electron chi connectivity index (χ0n) is 10.1. The molecule has 0 aliphatic carbocycles. The second-order valence-corrected chi connectivity index (χ2v) is 4.81. The maximum Gasteiger partial charge on any atom is 0.0197 e. The van der Waals surface area contributed by atoms with Gasteiger partial charge in [0.2, 0.25) is 0 Å². The summed E-state index contributed by atoms with van der Waals surface area (Å²) >= 11 is 0. The Morgan fingerprint density at radius 2 is 2.21 bits per heavy atom. The largest absolute Gasteiger partial charge is 0.311 e. The van der Waals surface area contributed by atoms with Crippen LogP contribution in [-0.2, 0) is 0 Å². The minimum atomic E-state index is 0.631. The van der Waals surface area contributed by atoms with Gasteiger partial charge in [-0.05, 0) is 32.4 Å². The Labute approximate surface area is 89.1 Å². The second kappa shape index (κ2) is 6.41. The molecule has 0 saturated carbocycles. The molecule has 0 aromatic heterocycles. The monoisotopic (exact) mass is 198 g/mol. The van der Waals surface area contributed by atoms with Crippen molar-refractivity contribution in [2.24, 2.45) is 0 Å². The van der Waals surface area contributed by atoms with Crippen LogP contribution in [0, 0.1) is 0 Å². The Hall–Kier alpha value is -0.0800. The van der Waals surface area contributed by atoms with Crippen molar-refractivity contribution >= 4 is 0 Å². The van der Waals surface area contributed by atoms with E-state index >= 15 is 0 Å². The van der Waals surface area contributed by atoms with E-state index in [4.69, 9.17) is 0 Å². The van der Waals surface area contributed by atoms with E-state index in [1.54, 1.807) is 0 Å². The summed E-state index contributed by atoms with van der Waals surface area (Å²) in [5.74, 6) is 0. The highest BCUT2D eigenvalue weighted by molar-refractivity contribution is 4.79. The Morgan fingerprint density at radius 3 is 2.86 bits per heavy atom. The van der Waals surface area contributed by atoms with E-state index in [1.165, 1.54) is 45.3 Å². The van der Waals surface area contributed by atoms with Gasteiger partial charge in [-0.3, -0.25) is 0 Å². The number of hydrogen-bond acceptors (Lipinski definition) is 2. The van der Waals surface area contributed by atoms with Gasteiger partial charge in [0.05, 0.1) is 0 Å². The molecule has 1 atom stereocenters. The van der Waals surface area contributed by atoms with Crippen molar-refractivity contribution in [3.05, 3.63) is 0 Å². The molecular formula is C12H26N2. The fourth-order valence-electron chi connectivity index (χ4n) is 2.25. The fraction of sp³-hybridized carbons (Fsp3) is 1.00. The predicted octanol–water partition coefficient (Wildman–Crippen LogP) is 2.25. The Balaban J connectivity index is 2.21. The number of likely N-dealkylation sites (tertiary alicyclic amines) is 1.